The third kappa shape index (κ3) is 2.53. The SMILES string of the molecule is O=C(NC1CCCN(c2nccn3c(=O)[nH]nc23)C1)c1ccco1. The van der Waals surface area contributed by atoms with E-state index >= 15 is 0 Å². The van der Waals surface area contributed by atoms with Crippen LogP contribution in [0, 0.1) is 0 Å². The highest BCUT2D eigenvalue weighted by atomic mass is 16.3. The van der Waals surface area contributed by atoms with Crippen molar-refractivity contribution in [2.24, 2.45) is 0 Å². The van der Waals surface area contributed by atoms with Crippen molar-refractivity contribution in [2.75, 3.05) is 18.0 Å². The Morgan fingerprint density at radius 3 is 3.21 bits per heavy atom. The van der Waals surface area contributed by atoms with Gasteiger partial charge in [-0.2, -0.15) is 0 Å². The zero-order valence-electron chi connectivity index (χ0n) is 12.8. The lowest BCUT2D eigenvalue weighted by Crippen LogP contribution is -2.48. The molecular weight excluding hydrogens is 312 g/mol. The van der Waals surface area contributed by atoms with Crippen LogP contribution in [-0.2, 0) is 0 Å². The minimum atomic E-state index is -0.298. The topological polar surface area (TPSA) is 109 Å². The molecule has 1 amide bonds. The van der Waals surface area contributed by atoms with Crippen LogP contribution in [0.1, 0.15) is 23.4 Å². The first kappa shape index (κ1) is 14.5. The maximum Gasteiger partial charge on any atom is 0.347 e. The number of carbonyl (C=O) groups is 1. The van der Waals surface area contributed by atoms with Gasteiger partial charge in [0.15, 0.2) is 11.6 Å². The van der Waals surface area contributed by atoms with Crippen molar-refractivity contribution in [1.29, 1.82) is 0 Å². The molecule has 1 saturated heterocycles. The Bertz CT molecular complexity index is 913. The summed E-state index contributed by atoms with van der Waals surface area (Å²) in [5.74, 6) is 0.702. The number of furan rings is 1. The number of hydrogen-bond donors (Lipinski definition) is 2. The minimum absolute atomic E-state index is 0.0240. The molecule has 9 heteroatoms. The summed E-state index contributed by atoms with van der Waals surface area (Å²) in [6.45, 7) is 1.39. The Balaban J connectivity index is 1.54. The molecule has 0 aromatic carbocycles. The van der Waals surface area contributed by atoms with Gasteiger partial charge < -0.3 is 14.6 Å². The van der Waals surface area contributed by atoms with Crippen LogP contribution in [-0.4, -0.2) is 44.6 Å². The van der Waals surface area contributed by atoms with Crippen LogP contribution in [0.5, 0.6) is 0 Å². The van der Waals surface area contributed by atoms with E-state index < -0.39 is 0 Å². The minimum Gasteiger partial charge on any atom is -0.459 e. The number of anilines is 1. The summed E-state index contributed by atoms with van der Waals surface area (Å²) in [4.78, 5) is 30.2. The molecule has 1 atom stereocenters. The number of aromatic nitrogens is 4. The van der Waals surface area contributed by atoms with E-state index in [4.69, 9.17) is 4.42 Å². The summed E-state index contributed by atoms with van der Waals surface area (Å²) in [7, 11) is 0. The van der Waals surface area contributed by atoms with Gasteiger partial charge in [-0.15, -0.1) is 5.10 Å². The van der Waals surface area contributed by atoms with E-state index in [2.05, 4.69) is 20.5 Å². The molecule has 3 aromatic rings. The van der Waals surface area contributed by atoms with E-state index in [-0.39, 0.29) is 17.6 Å². The zero-order valence-corrected chi connectivity index (χ0v) is 12.8. The van der Waals surface area contributed by atoms with E-state index in [1.54, 1.807) is 24.5 Å². The molecule has 3 aromatic heterocycles. The number of carbonyl (C=O) groups excluding carboxylic acids is 1. The third-order valence-corrected chi connectivity index (χ3v) is 4.12. The van der Waals surface area contributed by atoms with Gasteiger partial charge in [-0.3, -0.25) is 4.79 Å². The number of aromatic amines is 1. The highest BCUT2D eigenvalue weighted by Gasteiger charge is 2.25. The summed E-state index contributed by atoms with van der Waals surface area (Å²) in [5, 5.41) is 9.44. The molecule has 1 aliphatic heterocycles. The van der Waals surface area contributed by atoms with Crippen LogP contribution in [0.3, 0.4) is 0 Å². The van der Waals surface area contributed by atoms with Crippen molar-refractivity contribution in [1.82, 2.24) is 24.9 Å². The van der Waals surface area contributed by atoms with Crippen molar-refractivity contribution >= 4 is 17.4 Å². The molecule has 0 radical (unpaired) electrons. The average molecular weight is 328 g/mol. The fraction of sp³-hybridized carbons (Fsp3) is 0.333. The van der Waals surface area contributed by atoms with Crippen LogP contribution < -0.4 is 15.9 Å². The molecule has 1 unspecified atom stereocenters. The second kappa shape index (κ2) is 5.84. The molecule has 1 fully saturated rings. The Kier molecular flexibility index (Phi) is 3.52. The number of amides is 1. The zero-order chi connectivity index (χ0) is 16.5. The van der Waals surface area contributed by atoms with Crippen LogP contribution in [0.2, 0.25) is 0 Å². The molecule has 24 heavy (non-hydrogen) atoms. The van der Waals surface area contributed by atoms with E-state index in [1.165, 1.54) is 10.7 Å². The lowest BCUT2D eigenvalue weighted by molar-refractivity contribution is 0.0905. The van der Waals surface area contributed by atoms with Gasteiger partial charge in [0.25, 0.3) is 5.91 Å². The molecule has 2 N–H and O–H groups in total. The lowest BCUT2D eigenvalue weighted by Gasteiger charge is -2.33. The molecule has 0 aliphatic carbocycles. The smallest absolute Gasteiger partial charge is 0.347 e. The second-order valence-electron chi connectivity index (χ2n) is 5.71. The highest BCUT2D eigenvalue weighted by Crippen LogP contribution is 2.20. The van der Waals surface area contributed by atoms with Gasteiger partial charge in [-0.25, -0.2) is 19.3 Å². The van der Waals surface area contributed by atoms with Crippen LogP contribution in [0.15, 0.2) is 40.0 Å². The van der Waals surface area contributed by atoms with E-state index in [9.17, 15) is 9.59 Å². The number of rotatable bonds is 3. The third-order valence-electron chi connectivity index (χ3n) is 4.12. The van der Waals surface area contributed by atoms with Gasteiger partial charge in [0.2, 0.25) is 5.65 Å². The predicted molar refractivity (Wildman–Crippen MR) is 85.0 cm³/mol. The highest BCUT2D eigenvalue weighted by molar-refractivity contribution is 5.91. The monoisotopic (exact) mass is 328 g/mol. The van der Waals surface area contributed by atoms with Gasteiger partial charge in [0.05, 0.1) is 6.26 Å². The quantitative estimate of drug-likeness (QED) is 0.721. The van der Waals surface area contributed by atoms with Crippen LogP contribution in [0.4, 0.5) is 5.82 Å². The summed E-state index contributed by atoms with van der Waals surface area (Å²) in [6, 6.07) is 3.29. The van der Waals surface area contributed by atoms with Crippen molar-refractivity contribution in [3.8, 4) is 0 Å². The van der Waals surface area contributed by atoms with Gasteiger partial charge in [0, 0.05) is 31.5 Å². The van der Waals surface area contributed by atoms with Gasteiger partial charge in [0.1, 0.15) is 0 Å². The van der Waals surface area contributed by atoms with E-state index in [0.717, 1.165) is 19.4 Å². The van der Waals surface area contributed by atoms with Crippen molar-refractivity contribution in [2.45, 2.75) is 18.9 Å². The Morgan fingerprint density at radius 1 is 1.46 bits per heavy atom. The van der Waals surface area contributed by atoms with Crippen molar-refractivity contribution in [3.63, 3.8) is 0 Å². The number of fused-ring (bicyclic) bond motifs is 1. The van der Waals surface area contributed by atoms with E-state index in [1.807, 2.05) is 4.90 Å². The molecule has 0 spiro atoms. The Morgan fingerprint density at radius 2 is 2.38 bits per heavy atom. The van der Waals surface area contributed by atoms with Gasteiger partial charge in [-0.05, 0) is 25.0 Å². The number of H-pyrrole nitrogens is 1. The molecule has 0 bridgehead atoms. The Hall–Kier alpha value is -3.10. The normalized spacial score (nSPS) is 18.0. The molecule has 9 nitrogen and oxygen atoms in total. The first-order chi connectivity index (χ1) is 11.7. The molecule has 4 heterocycles. The van der Waals surface area contributed by atoms with Crippen molar-refractivity contribution in [3.05, 3.63) is 47.0 Å². The number of nitrogens with one attached hydrogen (secondary N) is 2. The van der Waals surface area contributed by atoms with Crippen LogP contribution in [0.25, 0.3) is 5.65 Å². The second-order valence-corrected chi connectivity index (χ2v) is 5.71. The predicted octanol–water partition coefficient (Wildman–Crippen LogP) is 0.409. The number of nitrogens with zero attached hydrogens (tertiary/aromatic N) is 4. The van der Waals surface area contributed by atoms with Crippen LogP contribution >= 0.6 is 0 Å². The summed E-state index contributed by atoms with van der Waals surface area (Å²) >= 11 is 0. The summed E-state index contributed by atoms with van der Waals surface area (Å²) in [6.07, 6.45) is 6.40. The van der Waals surface area contributed by atoms with Gasteiger partial charge >= 0.3 is 5.69 Å². The lowest BCUT2D eigenvalue weighted by atomic mass is 10.1. The first-order valence-electron chi connectivity index (χ1n) is 7.73. The van der Waals surface area contributed by atoms with E-state index in [0.29, 0.717) is 23.8 Å². The molecule has 4 rings (SSSR count). The molecule has 0 saturated carbocycles. The Labute approximate surface area is 136 Å². The summed E-state index contributed by atoms with van der Waals surface area (Å²) < 4.78 is 6.54. The number of hydrogen-bond acceptors (Lipinski definition) is 6. The maximum atomic E-state index is 12.1. The average Bonchev–Trinajstić information content (AvgIpc) is 3.25. The fourth-order valence-corrected chi connectivity index (χ4v) is 3.00. The maximum absolute atomic E-state index is 12.1. The number of piperidine rings is 1. The largest absolute Gasteiger partial charge is 0.459 e. The van der Waals surface area contributed by atoms with Gasteiger partial charge in [-0.1, -0.05) is 0 Å². The first-order valence-corrected chi connectivity index (χ1v) is 7.73. The molecule has 1 aliphatic rings. The standard InChI is InChI=1S/C15H16N6O3/c22-14(11-4-2-8-24-11)17-10-3-1-6-20(9-10)12-13-18-19-15(23)21(13)7-5-16-12/h2,4-5,7-8,10H,1,3,6,9H2,(H,17,22)(H,19,23). The fourth-order valence-electron chi connectivity index (χ4n) is 3.00. The molecular formula is C15H16N6O3. The molecule has 124 valence electrons. The van der Waals surface area contributed by atoms with Crippen molar-refractivity contribution < 1.29 is 9.21 Å². The summed E-state index contributed by atoms with van der Waals surface area (Å²) in [5.41, 5.74) is 0.189.